The van der Waals surface area contributed by atoms with E-state index in [1.807, 2.05) is 11.8 Å². The number of halogens is 1. The molecule has 0 aliphatic carbocycles. The highest BCUT2D eigenvalue weighted by Gasteiger charge is 2.27. The molecular weight excluding hydrogens is 503 g/mol. The van der Waals surface area contributed by atoms with E-state index in [0.717, 1.165) is 23.0 Å². The maximum atomic E-state index is 14.2. The van der Waals surface area contributed by atoms with Gasteiger partial charge in [0.2, 0.25) is 5.95 Å². The summed E-state index contributed by atoms with van der Waals surface area (Å²) in [5, 5.41) is 0. The number of anilines is 1. The molecule has 2 aromatic heterocycles. The van der Waals surface area contributed by atoms with Crippen molar-refractivity contribution in [2.24, 2.45) is 12.8 Å². The summed E-state index contributed by atoms with van der Waals surface area (Å²) in [5.41, 5.74) is 7.06. The van der Waals surface area contributed by atoms with E-state index in [0.29, 0.717) is 30.4 Å². The number of nitrogens with two attached hydrogens (primary N) is 1. The molecule has 3 heterocycles. The number of carbonyl (C=O) groups is 1. The van der Waals surface area contributed by atoms with E-state index in [1.54, 1.807) is 34.9 Å². The standard InChI is InChI=1S/C28H31FN6O4/c1-17-10-11-19(29)13-18(17)14-34-24-25(31-27(34)33-12-6-7-20(30)15-33)32(2)28(38)35(26(24)37)16-22(36)21-8-4-5-9-23(21)39-3/h4-5,8-11,13,20H,6-7,12,14-16,30H2,1-3H3. The smallest absolute Gasteiger partial charge is 0.332 e. The molecular formula is C28H31FN6O4. The zero-order valence-corrected chi connectivity index (χ0v) is 22.2. The molecule has 4 aromatic rings. The third kappa shape index (κ3) is 4.85. The monoisotopic (exact) mass is 534 g/mol. The third-order valence-electron chi connectivity index (χ3n) is 7.30. The number of nitrogens with zero attached hydrogens (tertiary/aromatic N) is 5. The van der Waals surface area contributed by atoms with Gasteiger partial charge in [0, 0.05) is 26.2 Å². The van der Waals surface area contributed by atoms with E-state index in [9.17, 15) is 18.8 Å². The predicted octanol–water partition coefficient (Wildman–Crippen LogP) is 2.21. The average molecular weight is 535 g/mol. The number of piperidine rings is 1. The molecule has 2 aromatic carbocycles. The third-order valence-corrected chi connectivity index (χ3v) is 7.30. The molecule has 39 heavy (non-hydrogen) atoms. The number of imidazole rings is 1. The summed E-state index contributed by atoms with van der Waals surface area (Å²) in [7, 11) is 2.97. The van der Waals surface area contributed by atoms with Crippen LogP contribution in [0.1, 0.15) is 34.3 Å². The second-order valence-corrected chi connectivity index (χ2v) is 9.95. The minimum Gasteiger partial charge on any atom is -0.496 e. The minimum absolute atomic E-state index is 0.0677. The molecule has 1 fully saturated rings. The zero-order valence-electron chi connectivity index (χ0n) is 22.2. The van der Waals surface area contributed by atoms with Crippen LogP contribution in [0.4, 0.5) is 10.3 Å². The van der Waals surface area contributed by atoms with Crippen LogP contribution in [0.25, 0.3) is 11.2 Å². The van der Waals surface area contributed by atoms with Crippen LogP contribution in [0.2, 0.25) is 0 Å². The van der Waals surface area contributed by atoms with Crippen LogP contribution in [-0.4, -0.2) is 50.7 Å². The second-order valence-electron chi connectivity index (χ2n) is 9.95. The van der Waals surface area contributed by atoms with Crippen molar-refractivity contribution in [3.63, 3.8) is 0 Å². The van der Waals surface area contributed by atoms with Gasteiger partial charge in [-0.2, -0.15) is 4.98 Å². The quantitative estimate of drug-likeness (QED) is 0.361. The number of carbonyl (C=O) groups excluding carboxylic acids is 1. The lowest BCUT2D eigenvalue weighted by Gasteiger charge is -2.32. The van der Waals surface area contributed by atoms with E-state index < -0.39 is 29.4 Å². The highest BCUT2D eigenvalue weighted by Crippen LogP contribution is 2.25. The number of hydrogen-bond donors (Lipinski definition) is 1. The number of Topliss-reactive ketones (excluding diaryl/α,β-unsaturated/α-hetero) is 1. The number of rotatable bonds is 7. The zero-order chi connectivity index (χ0) is 27.8. The molecule has 11 heteroatoms. The Kier molecular flexibility index (Phi) is 7.09. The molecule has 1 unspecified atom stereocenters. The van der Waals surface area contributed by atoms with Gasteiger partial charge in [0.25, 0.3) is 5.56 Å². The fourth-order valence-corrected chi connectivity index (χ4v) is 5.17. The van der Waals surface area contributed by atoms with Gasteiger partial charge >= 0.3 is 5.69 Å². The van der Waals surface area contributed by atoms with Gasteiger partial charge in [0.05, 0.1) is 25.8 Å². The molecule has 1 atom stereocenters. The topological polar surface area (TPSA) is 117 Å². The van der Waals surface area contributed by atoms with Crippen LogP contribution in [0.5, 0.6) is 5.75 Å². The van der Waals surface area contributed by atoms with Crippen molar-refractivity contribution in [2.45, 2.75) is 38.9 Å². The first kappa shape index (κ1) is 26.4. The van der Waals surface area contributed by atoms with Crippen LogP contribution in [-0.2, 0) is 20.1 Å². The van der Waals surface area contributed by atoms with E-state index >= 15 is 0 Å². The van der Waals surface area contributed by atoms with Crippen molar-refractivity contribution < 1.29 is 13.9 Å². The molecule has 1 saturated heterocycles. The number of hydrogen-bond acceptors (Lipinski definition) is 7. The van der Waals surface area contributed by atoms with E-state index in [-0.39, 0.29) is 29.3 Å². The van der Waals surface area contributed by atoms with Crippen molar-refractivity contribution in [3.8, 4) is 5.75 Å². The van der Waals surface area contributed by atoms with E-state index in [1.165, 1.54) is 30.9 Å². The average Bonchev–Trinajstić information content (AvgIpc) is 3.31. The molecule has 1 aliphatic rings. The normalized spacial score (nSPS) is 15.6. The molecule has 2 N–H and O–H groups in total. The SMILES string of the molecule is COc1ccccc1C(=O)Cn1c(=O)c2c(nc(N3CCCC(N)C3)n2Cc2cc(F)ccc2C)n(C)c1=O. The Bertz CT molecular complexity index is 1690. The highest BCUT2D eigenvalue weighted by atomic mass is 19.1. The summed E-state index contributed by atoms with van der Waals surface area (Å²) in [4.78, 5) is 47.2. The fourth-order valence-electron chi connectivity index (χ4n) is 5.17. The Labute approximate surface area is 224 Å². The van der Waals surface area contributed by atoms with Crippen LogP contribution >= 0.6 is 0 Å². The van der Waals surface area contributed by atoms with Gasteiger partial charge in [-0.1, -0.05) is 18.2 Å². The molecule has 0 amide bonds. The molecule has 0 saturated carbocycles. The number of benzene rings is 2. The van der Waals surface area contributed by atoms with Crippen LogP contribution in [0.15, 0.2) is 52.1 Å². The number of aryl methyl sites for hydroxylation is 2. The highest BCUT2D eigenvalue weighted by molar-refractivity contribution is 5.98. The molecule has 5 rings (SSSR count). The molecule has 0 radical (unpaired) electrons. The Morgan fingerprint density at radius 1 is 1.18 bits per heavy atom. The molecule has 0 bridgehead atoms. The number of aromatic nitrogens is 4. The number of ketones is 1. The maximum absolute atomic E-state index is 14.2. The van der Waals surface area contributed by atoms with Gasteiger partial charge in [0.1, 0.15) is 11.6 Å². The number of methoxy groups -OCH3 is 1. The lowest BCUT2D eigenvalue weighted by Crippen LogP contribution is -2.44. The molecule has 204 valence electrons. The van der Waals surface area contributed by atoms with Crippen molar-refractivity contribution in [2.75, 3.05) is 25.1 Å². The summed E-state index contributed by atoms with van der Waals surface area (Å²) in [5.74, 6) is -0.0115. The van der Waals surface area contributed by atoms with Crippen LogP contribution in [0.3, 0.4) is 0 Å². The van der Waals surface area contributed by atoms with Gasteiger partial charge in [0.15, 0.2) is 16.9 Å². The number of ether oxygens (including phenoxy) is 1. The Hall–Kier alpha value is -4.25. The molecule has 0 spiro atoms. The molecule has 10 nitrogen and oxygen atoms in total. The van der Waals surface area contributed by atoms with Gasteiger partial charge in [-0.25, -0.2) is 9.18 Å². The minimum atomic E-state index is -0.663. The largest absolute Gasteiger partial charge is 0.496 e. The first-order valence-electron chi connectivity index (χ1n) is 12.8. The first-order chi connectivity index (χ1) is 18.7. The Morgan fingerprint density at radius 2 is 1.95 bits per heavy atom. The Balaban J connectivity index is 1.70. The van der Waals surface area contributed by atoms with Crippen molar-refractivity contribution in [3.05, 3.63) is 85.8 Å². The van der Waals surface area contributed by atoms with E-state index in [4.69, 9.17) is 15.5 Å². The van der Waals surface area contributed by atoms with Crippen molar-refractivity contribution in [1.82, 2.24) is 18.7 Å². The fraction of sp³-hybridized carbons (Fsp3) is 0.357. The van der Waals surface area contributed by atoms with Gasteiger partial charge in [-0.15, -0.1) is 0 Å². The van der Waals surface area contributed by atoms with E-state index in [2.05, 4.69) is 0 Å². The van der Waals surface area contributed by atoms with Gasteiger partial charge < -0.3 is 15.4 Å². The lowest BCUT2D eigenvalue weighted by atomic mass is 10.1. The summed E-state index contributed by atoms with van der Waals surface area (Å²) in [6.07, 6.45) is 1.72. The summed E-state index contributed by atoms with van der Waals surface area (Å²) >= 11 is 0. The summed E-state index contributed by atoms with van der Waals surface area (Å²) < 4.78 is 23.4. The lowest BCUT2D eigenvalue weighted by molar-refractivity contribution is 0.0966. The van der Waals surface area contributed by atoms with Crippen LogP contribution < -0.4 is 26.6 Å². The maximum Gasteiger partial charge on any atom is 0.332 e. The first-order valence-corrected chi connectivity index (χ1v) is 12.8. The number of para-hydroxylation sites is 1. The van der Waals surface area contributed by atoms with Crippen LogP contribution in [0, 0.1) is 12.7 Å². The van der Waals surface area contributed by atoms with Crippen molar-refractivity contribution in [1.29, 1.82) is 0 Å². The number of fused-ring (bicyclic) bond motifs is 1. The Morgan fingerprint density at radius 3 is 2.69 bits per heavy atom. The predicted molar refractivity (Wildman–Crippen MR) is 146 cm³/mol. The summed E-state index contributed by atoms with van der Waals surface area (Å²) in [6, 6.07) is 11.1. The van der Waals surface area contributed by atoms with Gasteiger partial charge in [-0.05, 0) is 55.2 Å². The second kappa shape index (κ2) is 10.5. The van der Waals surface area contributed by atoms with Gasteiger partial charge in [-0.3, -0.25) is 23.3 Å². The van der Waals surface area contributed by atoms with Crippen molar-refractivity contribution >= 4 is 22.9 Å². The summed E-state index contributed by atoms with van der Waals surface area (Å²) in [6.45, 7) is 2.74. The molecule has 1 aliphatic heterocycles.